The van der Waals surface area contributed by atoms with Crippen LogP contribution in [0.4, 0.5) is 14.9 Å². The predicted molar refractivity (Wildman–Crippen MR) is 77.7 cm³/mol. The molecule has 0 saturated heterocycles. The molecule has 1 rings (SSSR count). The summed E-state index contributed by atoms with van der Waals surface area (Å²) in [5, 5.41) is 5.50. The van der Waals surface area contributed by atoms with Crippen molar-refractivity contribution in [1.82, 2.24) is 5.32 Å². The third-order valence-electron chi connectivity index (χ3n) is 2.59. The summed E-state index contributed by atoms with van der Waals surface area (Å²) < 4.78 is 13.5. The fourth-order valence-corrected chi connectivity index (χ4v) is 1.49. The van der Waals surface area contributed by atoms with Crippen LogP contribution in [-0.4, -0.2) is 12.6 Å². The summed E-state index contributed by atoms with van der Waals surface area (Å²) >= 11 is 0. The lowest BCUT2D eigenvalue weighted by Gasteiger charge is -2.19. The molecule has 0 aliphatic carbocycles. The van der Waals surface area contributed by atoms with Crippen LogP contribution in [0.2, 0.25) is 0 Å². The van der Waals surface area contributed by atoms with Crippen molar-refractivity contribution < 1.29 is 9.18 Å². The number of anilines is 1. The van der Waals surface area contributed by atoms with Crippen LogP contribution in [0.5, 0.6) is 0 Å². The van der Waals surface area contributed by atoms with Crippen LogP contribution in [0, 0.1) is 18.2 Å². The number of carbonyl (C=O) groups is 1. The summed E-state index contributed by atoms with van der Waals surface area (Å²) in [6.45, 7) is 12.0. The molecule has 104 valence electrons. The van der Waals surface area contributed by atoms with Gasteiger partial charge in [0, 0.05) is 17.8 Å². The SMILES string of the molecule is C=Cc1cc(NC(=O)NCC(C)(C)C)c(C)cc1F. The number of aryl methyl sites for hydroxylation is 1. The van der Waals surface area contributed by atoms with Crippen LogP contribution < -0.4 is 10.6 Å². The summed E-state index contributed by atoms with van der Waals surface area (Å²) in [5.41, 5.74) is 1.65. The summed E-state index contributed by atoms with van der Waals surface area (Å²) in [6.07, 6.45) is 1.42. The number of urea groups is 1. The first-order chi connectivity index (χ1) is 8.73. The second-order valence-corrected chi connectivity index (χ2v) is 5.76. The molecule has 0 atom stereocenters. The van der Waals surface area contributed by atoms with Gasteiger partial charge < -0.3 is 10.6 Å². The Morgan fingerprint density at radius 2 is 2.05 bits per heavy atom. The van der Waals surface area contributed by atoms with E-state index in [2.05, 4.69) is 17.2 Å². The minimum absolute atomic E-state index is 0.0153. The summed E-state index contributed by atoms with van der Waals surface area (Å²) in [7, 11) is 0. The van der Waals surface area contributed by atoms with Crippen LogP contribution in [0.25, 0.3) is 6.08 Å². The van der Waals surface area contributed by atoms with Crippen molar-refractivity contribution in [3.63, 3.8) is 0 Å². The number of rotatable bonds is 3. The Bertz CT molecular complexity index is 490. The predicted octanol–water partition coefficient (Wildman–Crippen LogP) is 3.94. The average molecular weight is 264 g/mol. The topological polar surface area (TPSA) is 41.1 Å². The largest absolute Gasteiger partial charge is 0.337 e. The van der Waals surface area contributed by atoms with E-state index in [1.54, 1.807) is 13.0 Å². The minimum atomic E-state index is -0.340. The first-order valence-corrected chi connectivity index (χ1v) is 6.20. The van der Waals surface area contributed by atoms with E-state index in [1.165, 1.54) is 12.1 Å². The van der Waals surface area contributed by atoms with E-state index < -0.39 is 0 Å². The molecule has 4 heteroatoms. The Morgan fingerprint density at radius 1 is 1.42 bits per heavy atom. The van der Waals surface area contributed by atoms with Crippen molar-refractivity contribution in [1.29, 1.82) is 0 Å². The first-order valence-electron chi connectivity index (χ1n) is 6.20. The molecule has 2 N–H and O–H groups in total. The molecule has 0 fully saturated rings. The molecular weight excluding hydrogens is 243 g/mol. The van der Waals surface area contributed by atoms with E-state index in [1.807, 2.05) is 20.8 Å². The molecule has 0 aromatic heterocycles. The molecular formula is C15H21FN2O. The number of hydrogen-bond donors (Lipinski definition) is 2. The maximum atomic E-state index is 13.5. The molecule has 0 saturated carbocycles. The number of hydrogen-bond acceptors (Lipinski definition) is 1. The first kappa shape index (κ1) is 15.2. The summed E-state index contributed by atoms with van der Waals surface area (Å²) in [6, 6.07) is 2.67. The van der Waals surface area contributed by atoms with Crippen molar-refractivity contribution >= 4 is 17.8 Å². The fraction of sp³-hybridized carbons (Fsp3) is 0.400. The highest BCUT2D eigenvalue weighted by atomic mass is 19.1. The zero-order chi connectivity index (χ0) is 14.6. The van der Waals surface area contributed by atoms with Gasteiger partial charge in [0.1, 0.15) is 5.82 Å². The van der Waals surface area contributed by atoms with Gasteiger partial charge in [-0.2, -0.15) is 0 Å². The van der Waals surface area contributed by atoms with Gasteiger partial charge in [0.15, 0.2) is 0 Å². The standard InChI is InChI=1S/C15H21FN2O/c1-6-11-8-13(10(2)7-12(11)16)18-14(19)17-9-15(3,4)5/h6-8H,1,9H2,2-5H3,(H2,17,18,19). The fourth-order valence-electron chi connectivity index (χ4n) is 1.49. The van der Waals surface area contributed by atoms with Gasteiger partial charge in [0.25, 0.3) is 0 Å². The van der Waals surface area contributed by atoms with Crippen molar-refractivity contribution in [3.8, 4) is 0 Å². The molecule has 0 aliphatic rings. The van der Waals surface area contributed by atoms with Gasteiger partial charge in [-0.05, 0) is 30.0 Å². The van der Waals surface area contributed by atoms with Crippen molar-refractivity contribution in [3.05, 3.63) is 35.7 Å². The maximum absolute atomic E-state index is 13.5. The van der Waals surface area contributed by atoms with Crippen molar-refractivity contribution in [2.24, 2.45) is 5.41 Å². The molecule has 1 aromatic carbocycles. The molecule has 0 aliphatic heterocycles. The normalized spacial score (nSPS) is 11.0. The highest BCUT2D eigenvalue weighted by molar-refractivity contribution is 5.90. The molecule has 2 amide bonds. The molecule has 0 radical (unpaired) electrons. The van der Waals surface area contributed by atoms with Gasteiger partial charge in [-0.25, -0.2) is 9.18 Å². The lowest BCUT2D eigenvalue weighted by atomic mass is 9.97. The van der Waals surface area contributed by atoms with Crippen LogP contribution in [-0.2, 0) is 0 Å². The average Bonchev–Trinajstić information content (AvgIpc) is 2.29. The van der Waals surface area contributed by atoms with E-state index in [9.17, 15) is 9.18 Å². The van der Waals surface area contributed by atoms with E-state index >= 15 is 0 Å². The molecule has 19 heavy (non-hydrogen) atoms. The van der Waals surface area contributed by atoms with Gasteiger partial charge in [-0.1, -0.05) is 33.4 Å². The molecule has 3 nitrogen and oxygen atoms in total. The van der Waals surface area contributed by atoms with E-state index in [-0.39, 0.29) is 17.3 Å². The number of nitrogens with one attached hydrogen (secondary N) is 2. The Morgan fingerprint density at radius 3 is 2.58 bits per heavy atom. The highest BCUT2D eigenvalue weighted by Gasteiger charge is 2.13. The monoisotopic (exact) mass is 264 g/mol. The van der Waals surface area contributed by atoms with Gasteiger partial charge in [0.05, 0.1) is 0 Å². The number of benzene rings is 1. The maximum Gasteiger partial charge on any atom is 0.319 e. The van der Waals surface area contributed by atoms with Crippen molar-refractivity contribution in [2.45, 2.75) is 27.7 Å². The smallest absolute Gasteiger partial charge is 0.319 e. The number of carbonyl (C=O) groups excluding carboxylic acids is 1. The Labute approximate surface area is 113 Å². The molecule has 0 bridgehead atoms. The Balaban J connectivity index is 2.77. The lowest BCUT2D eigenvalue weighted by Crippen LogP contribution is -2.35. The highest BCUT2D eigenvalue weighted by Crippen LogP contribution is 2.21. The van der Waals surface area contributed by atoms with Gasteiger partial charge in [0.2, 0.25) is 0 Å². The van der Waals surface area contributed by atoms with Crippen LogP contribution in [0.3, 0.4) is 0 Å². The quantitative estimate of drug-likeness (QED) is 0.853. The number of halogens is 1. The molecule has 1 aromatic rings. The number of amides is 2. The molecule has 0 unspecified atom stereocenters. The molecule has 0 spiro atoms. The second kappa shape index (κ2) is 5.87. The molecule has 0 heterocycles. The van der Waals surface area contributed by atoms with Crippen LogP contribution in [0.15, 0.2) is 18.7 Å². The third kappa shape index (κ3) is 4.73. The van der Waals surface area contributed by atoms with E-state index in [0.29, 0.717) is 23.4 Å². The van der Waals surface area contributed by atoms with E-state index in [0.717, 1.165) is 0 Å². The lowest BCUT2D eigenvalue weighted by molar-refractivity contribution is 0.247. The van der Waals surface area contributed by atoms with Crippen molar-refractivity contribution in [2.75, 3.05) is 11.9 Å². The zero-order valence-electron chi connectivity index (χ0n) is 11.9. The van der Waals surface area contributed by atoms with Gasteiger partial charge >= 0.3 is 6.03 Å². The summed E-state index contributed by atoms with van der Waals surface area (Å²) in [5.74, 6) is -0.340. The van der Waals surface area contributed by atoms with Crippen LogP contribution >= 0.6 is 0 Å². The summed E-state index contributed by atoms with van der Waals surface area (Å²) in [4.78, 5) is 11.8. The van der Waals surface area contributed by atoms with Crippen LogP contribution in [0.1, 0.15) is 31.9 Å². The zero-order valence-corrected chi connectivity index (χ0v) is 11.9. The Kier molecular flexibility index (Phi) is 4.70. The minimum Gasteiger partial charge on any atom is -0.337 e. The third-order valence-corrected chi connectivity index (χ3v) is 2.59. The Hall–Kier alpha value is -1.84. The van der Waals surface area contributed by atoms with E-state index in [4.69, 9.17) is 0 Å². The second-order valence-electron chi connectivity index (χ2n) is 5.76. The van der Waals surface area contributed by atoms with Gasteiger partial charge in [-0.15, -0.1) is 0 Å². The van der Waals surface area contributed by atoms with Gasteiger partial charge in [-0.3, -0.25) is 0 Å².